The van der Waals surface area contributed by atoms with Gasteiger partial charge in [-0.2, -0.15) is 0 Å². The molecule has 0 spiro atoms. The maximum Gasteiger partial charge on any atom is 0.125 e. The van der Waals surface area contributed by atoms with E-state index in [-0.39, 0.29) is 11.9 Å². The molecule has 0 aromatic heterocycles. The van der Waals surface area contributed by atoms with Crippen LogP contribution in [-0.2, 0) is 4.74 Å². The van der Waals surface area contributed by atoms with Crippen LogP contribution in [-0.4, -0.2) is 6.10 Å². The first-order valence-corrected chi connectivity index (χ1v) is 5.52. The zero-order valence-corrected chi connectivity index (χ0v) is 8.84. The summed E-state index contributed by atoms with van der Waals surface area (Å²) in [7, 11) is 0. The van der Waals surface area contributed by atoms with Crippen molar-refractivity contribution in [2.45, 2.75) is 51.6 Å². The number of unbranched alkanes of at least 4 members (excludes halogenated alkanes) is 4. The van der Waals surface area contributed by atoms with Gasteiger partial charge in [-0.05, 0) is 18.9 Å². The summed E-state index contributed by atoms with van der Waals surface area (Å²) in [5.74, 6) is -0.171. The molecule has 1 heterocycles. The Balaban J connectivity index is 2.05. The molecule has 1 aliphatic rings. The van der Waals surface area contributed by atoms with Gasteiger partial charge in [-0.1, -0.05) is 32.6 Å². The topological polar surface area (TPSA) is 9.23 Å². The third-order valence-corrected chi connectivity index (χ3v) is 2.42. The molecule has 0 amide bonds. The van der Waals surface area contributed by atoms with Crippen molar-refractivity contribution in [1.29, 1.82) is 0 Å². The summed E-state index contributed by atoms with van der Waals surface area (Å²) in [5, 5.41) is 0. The highest BCUT2D eigenvalue weighted by Gasteiger charge is 2.09. The summed E-state index contributed by atoms with van der Waals surface area (Å²) in [5.41, 5.74) is 0. The summed E-state index contributed by atoms with van der Waals surface area (Å²) in [6.45, 7) is 2.20. The summed E-state index contributed by atoms with van der Waals surface area (Å²) >= 11 is 0. The molecule has 0 aliphatic carbocycles. The molecular formula is C12H19FO. The van der Waals surface area contributed by atoms with Gasteiger partial charge in [-0.3, -0.25) is 0 Å². The fourth-order valence-electron chi connectivity index (χ4n) is 1.58. The van der Waals surface area contributed by atoms with Crippen molar-refractivity contribution in [3.63, 3.8) is 0 Å². The number of ether oxygens (including phenoxy) is 1. The van der Waals surface area contributed by atoms with Gasteiger partial charge in [-0.15, -0.1) is 0 Å². The monoisotopic (exact) mass is 198 g/mol. The minimum atomic E-state index is -0.171. The predicted molar refractivity (Wildman–Crippen MR) is 56.6 cm³/mol. The van der Waals surface area contributed by atoms with Gasteiger partial charge in [0, 0.05) is 6.08 Å². The predicted octanol–water partition coefficient (Wildman–Crippen LogP) is 4.11. The molecule has 0 N–H and O–H groups in total. The molecule has 0 fully saturated rings. The van der Waals surface area contributed by atoms with E-state index >= 15 is 0 Å². The van der Waals surface area contributed by atoms with Crippen LogP contribution in [0.5, 0.6) is 0 Å². The fourth-order valence-corrected chi connectivity index (χ4v) is 1.58. The van der Waals surface area contributed by atoms with Crippen LogP contribution < -0.4 is 0 Å². The normalized spacial score (nSPS) is 20.4. The number of allylic oxidation sites excluding steroid dienone is 2. The Morgan fingerprint density at radius 1 is 1.29 bits per heavy atom. The number of rotatable bonds is 6. The van der Waals surface area contributed by atoms with E-state index < -0.39 is 0 Å². The molecule has 0 aromatic carbocycles. The van der Waals surface area contributed by atoms with E-state index in [4.69, 9.17) is 4.74 Å². The third-order valence-electron chi connectivity index (χ3n) is 2.42. The lowest BCUT2D eigenvalue weighted by atomic mass is 10.1. The molecule has 1 atom stereocenters. The fraction of sp³-hybridized carbons (Fsp3) is 0.667. The minimum absolute atomic E-state index is 0.0402. The Labute approximate surface area is 85.6 Å². The molecular weight excluding hydrogens is 179 g/mol. The number of hydrogen-bond donors (Lipinski definition) is 0. The average Bonchev–Trinajstić information content (AvgIpc) is 2.18. The minimum Gasteiger partial charge on any atom is -0.494 e. The Morgan fingerprint density at radius 3 is 2.79 bits per heavy atom. The van der Waals surface area contributed by atoms with Crippen molar-refractivity contribution in [2.75, 3.05) is 0 Å². The van der Waals surface area contributed by atoms with Crippen LogP contribution in [0, 0.1) is 0 Å². The van der Waals surface area contributed by atoms with Gasteiger partial charge in [-0.25, -0.2) is 4.39 Å². The molecule has 1 unspecified atom stereocenters. The summed E-state index contributed by atoms with van der Waals surface area (Å²) in [6, 6.07) is 0. The highest BCUT2D eigenvalue weighted by Crippen LogP contribution is 2.16. The van der Waals surface area contributed by atoms with Gasteiger partial charge in [0.05, 0.1) is 6.26 Å². The first-order valence-electron chi connectivity index (χ1n) is 5.52. The maximum absolute atomic E-state index is 12.8. The zero-order chi connectivity index (χ0) is 10.2. The van der Waals surface area contributed by atoms with E-state index in [9.17, 15) is 4.39 Å². The van der Waals surface area contributed by atoms with E-state index in [0.717, 1.165) is 12.8 Å². The van der Waals surface area contributed by atoms with Crippen LogP contribution in [0.3, 0.4) is 0 Å². The van der Waals surface area contributed by atoms with E-state index in [1.54, 1.807) is 6.08 Å². The zero-order valence-electron chi connectivity index (χ0n) is 8.84. The summed E-state index contributed by atoms with van der Waals surface area (Å²) in [4.78, 5) is 0. The molecule has 80 valence electrons. The Hall–Kier alpha value is -0.790. The van der Waals surface area contributed by atoms with E-state index in [2.05, 4.69) is 6.92 Å². The van der Waals surface area contributed by atoms with Crippen LogP contribution in [0.1, 0.15) is 45.4 Å². The first kappa shape index (κ1) is 11.3. The second kappa shape index (κ2) is 6.63. The second-order valence-electron chi connectivity index (χ2n) is 3.73. The molecule has 0 saturated heterocycles. The number of hydrogen-bond acceptors (Lipinski definition) is 1. The number of halogens is 1. The van der Waals surface area contributed by atoms with Crippen molar-refractivity contribution in [1.82, 2.24) is 0 Å². The van der Waals surface area contributed by atoms with Gasteiger partial charge < -0.3 is 4.74 Å². The largest absolute Gasteiger partial charge is 0.494 e. The van der Waals surface area contributed by atoms with Gasteiger partial charge in [0.2, 0.25) is 0 Å². The lowest BCUT2D eigenvalue weighted by Gasteiger charge is -2.15. The van der Waals surface area contributed by atoms with Crippen LogP contribution in [0.2, 0.25) is 0 Å². The van der Waals surface area contributed by atoms with E-state index in [1.807, 2.05) is 0 Å². The van der Waals surface area contributed by atoms with E-state index in [0.29, 0.717) is 0 Å². The summed E-state index contributed by atoms with van der Waals surface area (Å²) < 4.78 is 18.0. The van der Waals surface area contributed by atoms with Gasteiger partial charge in [0.15, 0.2) is 0 Å². The van der Waals surface area contributed by atoms with Crippen molar-refractivity contribution in [3.8, 4) is 0 Å². The molecule has 1 rings (SSSR count). The quantitative estimate of drug-likeness (QED) is 0.583. The first-order chi connectivity index (χ1) is 6.83. The average molecular weight is 198 g/mol. The second-order valence-corrected chi connectivity index (χ2v) is 3.73. The standard InChI is InChI=1S/C12H19FO/c1-2-3-4-5-6-7-12-10-11(13)8-9-14-12/h8-10,12H,2-7H2,1H3. The molecule has 0 radical (unpaired) electrons. The van der Waals surface area contributed by atoms with Gasteiger partial charge in [0.25, 0.3) is 0 Å². The van der Waals surface area contributed by atoms with E-state index in [1.165, 1.54) is 38.0 Å². The molecule has 1 nitrogen and oxygen atoms in total. The molecule has 1 aliphatic heterocycles. The van der Waals surface area contributed by atoms with Crippen LogP contribution in [0.25, 0.3) is 0 Å². The van der Waals surface area contributed by atoms with Crippen molar-refractivity contribution in [3.05, 3.63) is 24.2 Å². The Bertz CT molecular complexity index is 208. The van der Waals surface area contributed by atoms with Crippen LogP contribution in [0.4, 0.5) is 4.39 Å². The lowest BCUT2D eigenvalue weighted by Crippen LogP contribution is -2.09. The Kier molecular flexibility index (Phi) is 5.35. The molecule has 0 bridgehead atoms. The van der Waals surface area contributed by atoms with Crippen LogP contribution >= 0.6 is 0 Å². The maximum atomic E-state index is 12.8. The van der Waals surface area contributed by atoms with Crippen molar-refractivity contribution in [2.24, 2.45) is 0 Å². The van der Waals surface area contributed by atoms with Gasteiger partial charge in [0.1, 0.15) is 11.9 Å². The van der Waals surface area contributed by atoms with Crippen molar-refractivity contribution >= 4 is 0 Å². The molecule has 14 heavy (non-hydrogen) atoms. The summed E-state index contributed by atoms with van der Waals surface area (Å²) in [6.07, 6.45) is 11.5. The highest BCUT2D eigenvalue weighted by atomic mass is 19.1. The third kappa shape index (κ3) is 4.45. The Morgan fingerprint density at radius 2 is 2.07 bits per heavy atom. The van der Waals surface area contributed by atoms with Gasteiger partial charge >= 0.3 is 0 Å². The lowest BCUT2D eigenvalue weighted by molar-refractivity contribution is 0.166. The highest BCUT2D eigenvalue weighted by molar-refractivity contribution is 5.14. The van der Waals surface area contributed by atoms with Crippen molar-refractivity contribution < 1.29 is 9.13 Å². The SMILES string of the molecule is CCCCCCCC1C=C(F)C=CO1. The van der Waals surface area contributed by atoms with Crippen LogP contribution in [0.15, 0.2) is 24.2 Å². The molecule has 0 aromatic rings. The molecule has 0 saturated carbocycles. The smallest absolute Gasteiger partial charge is 0.125 e. The molecule has 2 heteroatoms.